The number of ether oxygens (including phenoxy) is 2. The summed E-state index contributed by atoms with van der Waals surface area (Å²) in [7, 11) is 0. The fraction of sp³-hybridized carbons (Fsp3) is 0.368. The third-order valence-electron chi connectivity index (χ3n) is 3.64. The van der Waals surface area contributed by atoms with Gasteiger partial charge >= 0.3 is 0 Å². The monoisotopic (exact) mass is 417 g/mol. The molecule has 0 bridgehead atoms. The van der Waals surface area contributed by atoms with Crippen molar-refractivity contribution in [2.24, 2.45) is 0 Å². The molecular weight excluding hydrogens is 397 g/mol. The Hall–Kier alpha value is -1.17. The smallest absolute Gasteiger partial charge is 0.163 e. The lowest BCUT2D eigenvalue weighted by molar-refractivity contribution is 0.269. The summed E-state index contributed by atoms with van der Waals surface area (Å²) in [6, 6.07) is 8.89. The van der Waals surface area contributed by atoms with Gasteiger partial charge in [0.25, 0.3) is 0 Å². The molecule has 4 nitrogen and oxygen atoms in total. The minimum absolute atomic E-state index is 0.158. The van der Waals surface area contributed by atoms with Crippen LogP contribution in [-0.2, 0) is 13.2 Å². The van der Waals surface area contributed by atoms with Gasteiger partial charge in [-0.15, -0.1) is 0 Å². The molecule has 7 heteroatoms. The Kier molecular flexibility index (Phi) is 8.82. The molecule has 0 aliphatic heterocycles. The zero-order valence-electron chi connectivity index (χ0n) is 14.5. The van der Waals surface area contributed by atoms with Crippen LogP contribution in [0, 0.1) is 0 Å². The molecule has 2 aromatic carbocycles. The van der Waals surface area contributed by atoms with Crippen LogP contribution >= 0.6 is 34.8 Å². The van der Waals surface area contributed by atoms with Crippen LogP contribution in [0.2, 0.25) is 15.1 Å². The molecule has 0 aromatic heterocycles. The molecule has 0 spiro atoms. The quantitative estimate of drug-likeness (QED) is 0.527. The Morgan fingerprint density at radius 2 is 1.69 bits per heavy atom. The molecule has 0 aliphatic carbocycles. The lowest BCUT2D eigenvalue weighted by Crippen LogP contribution is -2.16. The summed E-state index contributed by atoms with van der Waals surface area (Å²) in [5.74, 6) is 1.18. The second kappa shape index (κ2) is 10.9. The van der Waals surface area contributed by atoms with Gasteiger partial charge in [0.2, 0.25) is 0 Å². The van der Waals surface area contributed by atoms with Gasteiger partial charge in [0.1, 0.15) is 6.61 Å². The standard InChI is InChI=1S/C19H22Cl3NO3/c1-2-25-18-8-14(11-23-6-3-7-24)17(22)10-19(18)26-12-13-4-5-15(20)9-16(13)21/h4-5,8-10,23-24H,2-3,6-7,11-12H2,1H3. The minimum atomic E-state index is 0.158. The summed E-state index contributed by atoms with van der Waals surface area (Å²) >= 11 is 18.5. The second-order valence-corrected chi connectivity index (χ2v) is 6.85. The van der Waals surface area contributed by atoms with Crippen molar-refractivity contribution >= 4 is 34.8 Å². The van der Waals surface area contributed by atoms with Gasteiger partial charge in [-0.05, 0) is 43.7 Å². The van der Waals surface area contributed by atoms with E-state index in [0.29, 0.717) is 52.7 Å². The molecule has 0 aliphatic rings. The Morgan fingerprint density at radius 1 is 0.962 bits per heavy atom. The van der Waals surface area contributed by atoms with Crippen LogP contribution in [-0.4, -0.2) is 24.9 Å². The van der Waals surface area contributed by atoms with Crippen LogP contribution in [0.25, 0.3) is 0 Å². The number of aliphatic hydroxyl groups excluding tert-OH is 1. The largest absolute Gasteiger partial charge is 0.490 e. The van der Waals surface area contributed by atoms with E-state index in [1.165, 1.54) is 0 Å². The zero-order chi connectivity index (χ0) is 18.9. The van der Waals surface area contributed by atoms with Crippen molar-refractivity contribution in [3.63, 3.8) is 0 Å². The number of benzene rings is 2. The zero-order valence-corrected chi connectivity index (χ0v) is 16.8. The molecule has 0 amide bonds. The predicted octanol–water partition coefficient (Wildman–Crippen LogP) is 5.10. The average Bonchev–Trinajstić information content (AvgIpc) is 2.61. The van der Waals surface area contributed by atoms with Crippen LogP contribution in [0.1, 0.15) is 24.5 Å². The van der Waals surface area contributed by atoms with E-state index in [4.69, 9.17) is 49.4 Å². The minimum Gasteiger partial charge on any atom is -0.490 e. The highest BCUT2D eigenvalue weighted by Crippen LogP contribution is 2.34. The number of aliphatic hydroxyl groups is 1. The van der Waals surface area contributed by atoms with E-state index in [2.05, 4.69) is 5.32 Å². The highest BCUT2D eigenvalue weighted by Gasteiger charge is 2.12. The molecule has 0 saturated carbocycles. The van der Waals surface area contributed by atoms with Crippen LogP contribution < -0.4 is 14.8 Å². The molecule has 2 rings (SSSR count). The van der Waals surface area contributed by atoms with E-state index in [1.807, 2.05) is 19.1 Å². The van der Waals surface area contributed by atoms with Crippen LogP contribution in [0.3, 0.4) is 0 Å². The first kappa shape index (κ1) is 21.1. The molecule has 0 atom stereocenters. The third kappa shape index (κ3) is 6.22. The van der Waals surface area contributed by atoms with Gasteiger partial charge < -0.3 is 19.9 Å². The lowest BCUT2D eigenvalue weighted by Gasteiger charge is -2.16. The van der Waals surface area contributed by atoms with Crippen molar-refractivity contribution in [2.75, 3.05) is 19.8 Å². The Morgan fingerprint density at radius 3 is 2.38 bits per heavy atom. The van der Waals surface area contributed by atoms with Crippen LogP contribution in [0.4, 0.5) is 0 Å². The molecule has 0 fully saturated rings. The molecule has 142 valence electrons. The summed E-state index contributed by atoms with van der Waals surface area (Å²) in [5, 5.41) is 13.8. The molecule has 2 aromatic rings. The Balaban J connectivity index is 2.12. The van der Waals surface area contributed by atoms with E-state index in [-0.39, 0.29) is 13.2 Å². The Labute approximate surface area is 169 Å². The summed E-state index contributed by atoms with van der Waals surface area (Å²) in [4.78, 5) is 0. The first-order valence-corrected chi connectivity index (χ1v) is 9.52. The summed E-state index contributed by atoms with van der Waals surface area (Å²) in [6.07, 6.45) is 0.693. The van der Waals surface area contributed by atoms with Gasteiger partial charge in [-0.2, -0.15) is 0 Å². The van der Waals surface area contributed by atoms with E-state index >= 15 is 0 Å². The van der Waals surface area contributed by atoms with E-state index < -0.39 is 0 Å². The highest BCUT2D eigenvalue weighted by atomic mass is 35.5. The van der Waals surface area contributed by atoms with Crippen molar-refractivity contribution in [1.29, 1.82) is 0 Å². The maximum Gasteiger partial charge on any atom is 0.163 e. The van der Waals surface area contributed by atoms with Crippen LogP contribution in [0.5, 0.6) is 11.5 Å². The topological polar surface area (TPSA) is 50.7 Å². The first-order valence-electron chi connectivity index (χ1n) is 8.38. The predicted molar refractivity (Wildman–Crippen MR) is 107 cm³/mol. The molecule has 26 heavy (non-hydrogen) atoms. The maximum atomic E-state index is 8.84. The molecule has 2 N–H and O–H groups in total. The number of halogens is 3. The van der Waals surface area contributed by atoms with Gasteiger partial charge in [0, 0.05) is 39.8 Å². The van der Waals surface area contributed by atoms with Gasteiger partial charge in [0.05, 0.1) is 6.61 Å². The second-order valence-electron chi connectivity index (χ2n) is 5.60. The SMILES string of the molecule is CCOc1cc(CNCCCO)c(Cl)cc1OCc1ccc(Cl)cc1Cl. The van der Waals surface area contributed by atoms with Gasteiger partial charge in [-0.3, -0.25) is 0 Å². The van der Waals surface area contributed by atoms with Crippen molar-refractivity contribution in [3.8, 4) is 11.5 Å². The first-order chi connectivity index (χ1) is 12.5. The van der Waals surface area contributed by atoms with E-state index in [0.717, 1.165) is 11.1 Å². The molecule has 0 unspecified atom stereocenters. The number of nitrogens with one attached hydrogen (secondary N) is 1. The summed E-state index contributed by atoms with van der Waals surface area (Å²) in [6.45, 7) is 4.16. The van der Waals surface area contributed by atoms with Gasteiger partial charge in [-0.25, -0.2) is 0 Å². The van der Waals surface area contributed by atoms with Crippen molar-refractivity contribution in [1.82, 2.24) is 5.32 Å². The third-order valence-corrected chi connectivity index (χ3v) is 4.58. The fourth-order valence-electron chi connectivity index (χ4n) is 2.32. The maximum absolute atomic E-state index is 8.84. The highest BCUT2D eigenvalue weighted by molar-refractivity contribution is 6.35. The van der Waals surface area contributed by atoms with Crippen LogP contribution in [0.15, 0.2) is 30.3 Å². The van der Waals surface area contributed by atoms with Crippen molar-refractivity contribution in [3.05, 3.63) is 56.5 Å². The van der Waals surface area contributed by atoms with Gasteiger partial charge in [0.15, 0.2) is 11.5 Å². The molecule has 0 heterocycles. The van der Waals surface area contributed by atoms with Gasteiger partial charge in [-0.1, -0.05) is 40.9 Å². The summed E-state index contributed by atoms with van der Waals surface area (Å²) < 4.78 is 11.6. The fourth-order valence-corrected chi connectivity index (χ4v) is 3.00. The molecule has 0 saturated heterocycles. The Bertz CT molecular complexity index is 725. The van der Waals surface area contributed by atoms with Crippen molar-refractivity contribution < 1.29 is 14.6 Å². The number of rotatable bonds is 10. The molecular formula is C19H22Cl3NO3. The normalized spacial score (nSPS) is 10.8. The summed E-state index contributed by atoms with van der Waals surface area (Å²) in [5.41, 5.74) is 1.73. The number of hydrogen-bond acceptors (Lipinski definition) is 4. The average molecular weight is 419 g/mol. The molecule has 0 radical (unpaired) electrons. The van der Waals surface area contributed by atoms with E-state index in [9.17, 15) is 0 Å². The lowest BCUT2D eigenvalue weighted by atomic mass is 10.2. The van der Waals surface area contributed by atoms with Crippen molar-refractivity contribution in [2.45, 2.75) is 26.5 Å². The van der Waals surface area contributed by atoms with E-state index in [1.54, 1.807) is 18.2 Å². The number of hydrogen-bond donors (Lipinski definition) is 2.